The summed E-state index contributed by atoms with van der Waals surface area (Å²) in [6, 6.07) is 14.2. The molecule has 3 heterocycles. The number of allylic oxidation sites excluding steroid dienone is 5. The van der Waals surface area contributed by atoms with Crippen LogP contribution >= 0.6 is 0 Å². The van der Waals surface area contributed by atoms with Gasteiger partial charge in [-0.1, -0.05) is 13.1 Å². The Morgan fingerprint density at radius 3 is 0.887 bits per heavy atom. The molecule has 9 rings (SSSR count). The highest BCUT2D eigenvalue weighted by molar-refractivity contribution is 6.19. The van der Waals surface area contributed by atoms with Gasteiger partial charge in [-0.25, -0.2) is 99.9 Å². The molecule has 3 aromatic heterocycles. The molecule has 0 unspecified atom stereocenters. The van der Waals surface area contributed by atoms with E-state index in [0.717, 1.165) is 42.5 Å². The second-order valence-electron chi connectivity index (χ2n) is 17.7. The van der Waals surface area contributed by atoms with Crippen molar-refractivity contribution in [3.05, 3.63) is 216 Å². The Bertz CT molecular complexity index is 5360. The van der Waals surface area contributed by atoms with Gasteiger partial charge in [-0.15, -0.1) is 9.97 Å². The minimum atomic E-state index is -2.48. The summed E-state index contributed by atoms with van der Waals surface area (Å²) in [6.45, 7) is 29.1. The lowest BCUT2D eigenvalue weighted by atomic mass is 9.99. The second kappa shape index (κ2) is 26.8. The number of benzene rings is 5. The molecular formula is C60H3F16N21. The zero-order chi connectivity index (χ0) is 72.3. The van der Waals surface area contributed by atoms with Gasteiger partial charge in [-0.05, 0) is 23.6 Å². The molecule has 5 aromatic carbocycles. The number of nitriles is 11. The molecule has 21 nitrogen and oxygen atoms in total. The van der Waals surface area contributed by atoms with Gasteiger partial charge in [-0.2, -0.15) is 57.9 Å². The van der Waals surface area contributed by atoms with Crippen LogP contribution in [0.1, 0.15) is 50.6 Å². The smallest absolute Gasteiger partial charge is 0.307 e. The highest BCUT2D eigenvalue weighted by Crippen LogP contribution is 2.58. The van der Waals surface area contributed by atoms with Crippen molar-refractivity contribution in [3.8, 4) is 66.8 Å². The maximum Gasteiger partial charge on any atom is 0.307 e. The zero-order valence-electron chi connectivity index (χ0n) is 45.9. The van der Waals surface area contributed by atoms with Crippen molar-refractivity contribution in [3.63, 3.8) is 0 Å². The van der Waals surface area contributed by atoms with Crippen LogP contribution in [0, 0.1) is 251 Å². The van der Waals surface area contributed by atoms with E-state index < -0.39 is 182 Å². The monoisotopic (exact) mass is 1320 g/mol. The lowest BCUT2D eigenvalue weighted by Crippen LogP contribution is -2.31. The summed E-state index contributed by atoms with van der Waals surface area (Å²) < 4.78 is 232. The summed E-state index contributed by atoms with van der Waals surface area (Å²) in [5, 5.41) is 96.6. The van der Waals surface area contributed by atoms with Crippen LogP contribution in [0.5, 0.6) is 0 Å². The van der Waals surface area contributed by atoms with Gasteiger partial charge in [0.05, 0.1) is 51.4 Å². The number of nitrogens with zero attached hydrogens (tertiary/aromatic N) is 21. The van der Waals surface area contributed by atoms with Crippen LogP contribution in [0.4, 0.5) is 87.6 Å². The van der Waals surface area contributed by atoms with Crippen LogP contribution in [-0.4, -0.2) is 29.9 Å². The van der Waals surface area contributed by atoms with Crippen LogP contribution in [0.15, 0.2) is 16.7 Å². The van der Waals surface area contributed by atoms with Gasteiger partial charge in [0.25, 0.3) is 5.69 Å². The Kier molecular flexibility index (Phi) is 19.0. The molecule has 0 radical (unpaired) electrons. The van der Waals surface area contributed by atoms with Crippen LogP contribution in [0.3, 0.4) is 0 Å². The molecule has 0 atom stereocenters. The molecule has 8 aromatic rings. The third kappa shape index (κ3) is 10.9. The van der Waals surface area contributed by atoms with E-state index in [4.69, 9.17) is 52.6 Å². The summed E-state index contributed by atoms with van der Waals surface area (Å²) in [5.74, 6) is -37.1. The molecule has 460 valence electrons. The Labute approximate surface area is 525 Å². The fourth-order valence-corrected chi connectivity index (χ4v) is 8.56. The van der Waals surface area contributed by atoms with E-state index in [1.54, 1.807) is 24.3 Å². The summed E-state index contributed by atoms with van der Waals surface area (Å²) in [5.41, 5.74) is -23.6. The SMILES string of the molecule is N#CC(C#N)=c1c(F)c(F)c(=C(C#N)C#N)c(F)c1F.[C-]#[N+]C(=C1C(=C(C#N)c2c(F)c(F)c(C)c(F)c2F)C1=C(C#N)c1c(F)c(F)c([N+]#[C-])c(F)c1F)c1c(F)c(F)c(C#N)c(F)c1F.[C-]#[N+]c1nc2c(nc1C#N)c1nc(C#N)c(C#N)nc1c1nc(C#N)c([N+]#[C-])nc12. The molecule has 1 aliphatic rings. The van der Waals surface area contributed by atoms with Crippen molar-refractivity contribution in [2.45, 2.75) is 6.92 Å². The number of halogens is 16. The predicted molar refractivity (Wildman–Crippen MR) is 285 cm³/mol. The van der Waals surface area contributed by atoms with Crippen molar-refractivity contribution in [1.82, 2.24) is 29.9 Å². The lowest BCUT2D eigenvalue weighted by molar-refractivity contribution is 0.434. The molecule has 1 aliphatic carbocycles. The lowest BCUT2D eigenvalue weighted by Gasteiger charge is -2.09. The molecule has 37 heteroatoms. The van der Waals surface area contributed by atoms with Gasteiger partial charge in [0, 0.05) is 5.56 Å². The molecule has 0 spiro atoms. The molecule has 0 N–H and O–H groups in total. The Morgan fingerprint density at radius 1 is 0.320 bits per heavy atom. The summed E-state index contributed by atoms with van der Waals surface area (Å²) >= 11 is 0. The minimum absolute atomic E-state index is 0.00714. The fraction of sp³-hybridized carbons (Fsp3) is 0.0167. The first kappa shape index (κ1) is 68.8. The highest BCUT2D eigenvalue weighted by Gasteiger charge is 2.46. The number of fused-ring (bicyclic) bond motifs is 6. The van der Waals surface area contributed by atoms with Crippen LogP contribution in [-0.2, 0) is 0 Å². The van der Waals surface area contributed by atoms with Crippen LogP contribution in [0.2, 0.25) is 0 Å². The molecule has 0 bridgehead atoms. The maximum absolute atomic E-state index is 15.0. The molecule has 0 saturated heterocycles. The first-order chi connectivity index (χ1) is 46.1. The predicted octanol–water partition coefficient (Wildman–Crippen LogP) is 11.4. The standard InChI is InChI=1S/C30H3F12N5.C18N12.C12F4N4/c1-7-17(31)21(35)13(22(36)18(7)32)8(4-43)11-12(9(5-44)14-23(37)27(41)30(47-3)28(42)24(14)38)15(11)29(46-2)16-25(39)19(33)10(6-45)20(34)26(16)40;1-23-17-9(5-21)27-13-11-12(26-8(4-20)7(3-19)25-11)14-16(15(13)29-17)30-18(24-2)10(6-22)28-14;13-9-7(5(1-17)2-18)10(14)12(16)8(11(9)15)6(3-19)4-20/h1H3;;. The van der Waals surface area contributed by atoms with Gasteiger partial charge < -0.3 is 9.69 Å². The third-order valence-electron chi connectivity index (χ3n) is 12.9. The number of aromatic nitrogens is 6. The van der Waals surface area contributed by atoms with Gasteiger partial charge in [0.2, 0.25) is 16.7 Å². The van der Waals surface area contributed by atoms with E-state index in [9.17, 15) is 75.5 Å². The summed E-state index contributed by atoms with van der Waals surface area (Å²) in [4.78, 5) is 36.0. The van der Waals surface area contributed by atoms with E-state index in [0.29, 0.717) is 6.92 Å². The molecule has 0 amide bonds. The number of rotatable bonds is 3. The zero-order valence-corrected chi connectivity index (χ0v) is 45.9. The first-order valence-corrected chi connectivity index (χ1v) is 24.2. The van der Waals surface area contributed by atoms with E-state index in [2.05, 4.69) is 49.3 Å². The topological polar surface area (TPSA) is 356 Å². The van der Waals surface area contributed by atoms with Crippen molar-refractivity contribution < 1.29 is 70.2 Å². The van der Waals surface area contributed by atoms with E-state index in [1.165, 1.54) is 0 Å². The van der Waals surface area contributed by atoms with Crippen LogP contribution in [0.25, 0.3) is 80.5 Å². The van der Waals surface area contributed by atoms with Crippen LogP contribution < -0.4 is 10.4 Å². The molecule has 1 fully saturated rings. The normalized spacial score (nSPS) is 12.2. The number of hydrogen-bond donors (Lipinski definition) is 0. The van der Waals surface area contributed by atoms with Crippen molar-refractivity contribution >= 4 is 78.4 Å². The fourth-order valence-electron chi connectivity index (χ4n) is 8.56. The van der Waals surface area contributed by atoms with E-state index >= 15 is 26.3 Å². The van der Waals surface area contributed by atoms with Crippen molar-refractivity contribution in [2.75, 3.05) is 0 Å². The molecule has 0 aliphatic heterocycles. The third-order valence-corrected chi connectivity index (χ3v) is 12.9. The largest absolute Gasteiger partial charge is 0.358 e. The second-order valence-corrected chi connectivity index (χ2v) is 17.7. The Hall–Kier alpha value is -15.7. The average molecular weight is 1320 g/mol. The molecular weight excluding hydrogens is 1320 g/mol. The van der Waals surface area contributed by atoms with Gasteiger partial charge in [0.15, 0.2) is 116 Å². The van der Waals surface area contributed by atoms with Gasteiger partial charge in [-0.3, -0.25) is 0 Å². The van der Waals surface area contributed by atoms with E-state index in [-0.39, 0.29) is 67.5 Å². The van der Waals surface area contributed by atoms with E-state index in [1.807, 2.05) is 0 Å². The highest BCUT2D eigenvalue weighted by atomic mass is 19.2. The van der Waals surface area contributed by atoms with Crippen molar-refractivity contribution in [1.29, 1.82) is 57.9 Å². The molecule has 1 saturated carbocycles. The van der Waals surface area contributed by atoms with Crippen molar-refractivity contribution in [2.24, 2.45) is 0 Å². The first-order valence-electron chi connectivity index (χ1n) is 24.2. The van der Waals surface area contributed by atoms with Gasteiger partial charge in [0.1, 0.15) is 106 Å². The molecule has 97 heavy (non-hydrogen) atoms. The summed E-state index contributed by atoms with van der Waals surface area (Å²) in [6.07, 6.45) is 0. The maximum atomic E-state index is 15.0. The summed E-state index contributed by atoms with van der Waals surface area (Å²) in [7, 11) is 0. The Morgan fingerprint density at radius 2 is 0.619 bits per heavy atom. The minimum Gasteiger partial charge on any atom is -0.358 e. The Balaban J connectivity index is 0.000000226. The quantitative estimate of drug-likeness (QED) is 0.0521. The average Bonchev–Trinajstić information content (AvgIpc) is 1.64. The van der Waals surface area contributed by atoms with Gasteiger partial charge >= 0.3 is 11.6 Å². The number of hydrogen-bond acceptors (Lipinski definition) is 17.